The summed E-state index contributed by atoms with van der Waals surface area (Å²) in [4.78, 5) is 34.8. The lowest BCUT2D eigenvalue weighted by molar-refractivity contribution is -0.170. The molecule has 0 saturated heterocycles. The molecule has 0 aromatic rings. The van der Waals surface area contributed by atoms with E-state index >= 15 is 0 Å². The Bertz CT molecular complexity index is 421. The first-order valence-corrected chi connectivity index (χ1v) is 10.5. The molecule has 0 amide bonds. The van der Waals surface area contributed by atoms with Gasteiger partial charge in [0.25, 0.3) is 0 Å². The van der Waals surface area contributed by atoms with Crippen LogP contribution in [0.4, 0.5) is 0 Å². The summed E-state index contributed by atoms with van der Waals surface area (Å²) >= 11 is 0. The molecule has 2 atom stereocenters. The molecule has 158 valence electrons. The Kier molecular flexibility index (Phi) is 16.1. The number of Topliss-reactive ketones (excluding diaryl/α,β-unsaturated/α-hetero) is 1. The summed E-state index contributed by atoms with van der Waals surface area (Å²) in [5.41, 5.74) is 0. The minimum absolute atomic E-state index is 0.341. The second kappa shape index (κ2) is 16.9. The molecule has 0 aliphatic rings. The van der Waals surface area contributed by atoms with Gasteiger partial charge in [-0.3, -0.25) is 9.59 Å². The van der Waals surface area contributed by atoms with E-state index in [1.54, 1.807) is 0 Å². The summed E-state index contributed by atoms with van der Waals surface area (Å²) in [6.45, 7) is 2.69. The fourth-order valence-corrected chi connectivity index (χ4v) is 2.99. The van der Waals surface area contributed by atoms with Crippen LogP contribution in [0.2, 0.25) is 0 Å². The molecular formula is C21H38O6. The summed E-state index contributed by atoms with van der Waals surface area (Å²) in [5.74, 6) is -3.50. The maximum atomic E-state index is 11.9. The minimum Gasteiger partial charge on any atom is -0.393 e. The molecule has 2 N–H and O–H groups in total. The highest BCUT2D eigenvalue weighted by Gasteiger charge is 2.28. The molecule has 0 fully saturated rings. The van der Waals surface area contributed by atoms with Crippen LogP contribution >= 0.6 is 0 Å². The molecule has 0 spiro atoms. The topological polar surface area (TPSA) is 101 Å². The van der Waals surface area contributed by atoms with Crippen LogP contribution in [0.25, 0.3) is 0 Å². The zero-order valence-electron chi connectivity index (χ0n) is 17.1. The van der Waals surface area contributed by atoms with Crippen molar-refractivity contribution in [1.82, 2.24) is 0 Å². The Labute approximate surface area is 163 Å². The van der Waals surface area contributed by atoms with E-state index in [0.717, 1.165) is 19.3 Å². The lowest BCUT2D eigenvalue weighted by atomic mass is 9.97. The van der Waals surface area contributed by atoms with Gasteiger partial charge in [-0.1, -0.05) is 84.0 Å². The second-order valence-corrected chi connectivity index (χ2v) is 7.28. The van der Waals surface area contributed by atoms with Crippen LogP contribution in [0, 0.1) is 5.92 Å². The molecule has 0 aliphatic heterocycles. The van der Waals surface area contributed by atoms with Crippen molar-refractivity contribution in [3.63, 3.8) is 0 Å². The van der Waals surface area contributed by atoms with Gasteiger partial charge in [0.15, 0.2) is 6.10 Å². The minimum atomic E-state index is -1.76. The van der Waals surface area contributed by atoms with Crippen molar-refractivity contribution >= 4 is 17.7 Å². The van der Waals surface area contributed by atoms with Crippen molar-refractivity contribution < 1.29 is 29.3 Å². The molecule has 0 bridgehead atoms. The van der Waals surface area contributed by atoms with Gasteiger partial charge in [0.1, 0.15) is 11.7 Å². The van der Waals surface area contributed by atoms with Crippen LogP contribution in [0.1, 0.15) is 97.3 Å². The third kappa shape index (κ3) is 13.5. The molecular weight excluding hydrogens is 348 g/mol. The van der Waals surface area contributed by atoms with E-state index < -0.39 is 30.6 Å². The fraction of sp³-hybridized carbons (Fsp3) is 0.857. The zero-order chi connectivity index (χ0) is 20.5. The molecule has 0 aromatic heterocycles. The molecule has 0 aromatic carbocycles. The van der Waals surface area contributed by atoms with Gasteiger partial charge >= 0.3 is 11.9 Å². The molecule has 0 aliphatic carbocycles. The monoisotopic (exact) mass is 386 g/mol. The van der Waals surface area contributed by atoms with Gasteiger partial charge in [0, 0.05) is 0 Å². The van der Waals surface area contributed by atoms with E-state index in [1.807, 2.05) is 0 Å². The van der Waals surface area contributed by atoms with Crippen LogP contribution in [0.15, 0.2) is 0 Å². The van der Waals surface area contributed by atoms with Gasteiger partial charge in [0.2, 0.25) is 0 Å². The number of carbonyl (C=O) groups excluding carboxylic acids is 3. The number of unbranched alkanes of at least 4 members (excludes halogenated alkanes) is 11. The Morgan fingerprint density at radius 2 is 1.22 bits per heavy atom. The van der Waals surface area contributed by atoms with Crippen LogP contribution in [-0.2, 0) is 19.1 Å². The standard InChI is InChI=1S/C21H38O6/c1-3-4-5-6-7-8-9-10-11-12-13-14-15-18(17(2)23)20(25)27-21(26)19(24)16-22/h18-19,22,24H,3-16H2,1-2H3. The first-order chi connectivity index (χ1) is 12.9. The number of rotatable bonds is 17. The van der Waals surface area contributed by atoms with Gasteiger partial charge in [-0.15, -0.1) is 0 Å². The van der Waals surface area contributed by atoms with E-state index in [9.17, 15) is 14.4 Å². The van der Waals surface area contributed by atoms with Crippen LogP contribution in [0.3, 0.4) is 0 Å². The normalized spacial score (nSPS) is 13.2. The predicted molar refractivity (Wildman–Crippen MR) is 104 cm³/mol. The molecule has 0 heterocycles. The molecule has 27 heavy (non-hydrogen) atoms. The maximum absolute atomic E-state index is 11.9. The number of hydrogen-bond donors (Lipinski definition) is 2. The van der Waals surface area contributed by atoms with Gasteiger partial charge in [-0.05, 0) is 13.3 Å². The van der Waals surface area contributed by atoms with E-state index in [1.165, 1.54) is 58.3 Å². The van der Waals surface area contributed by atoms with E-state index in [2.05, 4.69) is 11.7 Å². The van der Waals surface area contributed by atoms with E-state index in [0.29, 0.717) is 12.8 Å². The Morgan fingerprint density at radius 3 is 1.63 bits per heavy atom. The molecule has 2 unspecified atom stereocenters. The average molecular weight is 387 g/mol. The maximum Gasteiger partial charge on any atom is 0.345 e. The molecule has 6 nitrogen and oxygen atoms in total. The van der Waals surface area contributed by atoms with Gasteiger partial charge in [0.05, 0.1) is 6.61 Å². The Morgan fingerprint density at radius 1 is 0.778 bits per heavy atom. The van der Waals surface area contributed by atoms with Crippen LogP contribution < -0.4 is 0 Å². The highest BCUT2D eigenvalue weighted by atomic mass is 16.6. The smallest absolute Gasteiger partial charge is 0.345 e. The molecule has 6 heteroatoms. The van der Waals surface area contributed by atoms with Crippen molar-refractivity contribution in [3.05, 3.63) is 0 Å². The highest BCUT2D eigenvalue weighted by Crippen LogP contribution is 2.16. The first-order valence-electron chi connectivity index (χ1n) is 10.5. The third-order valence-corrected chi connectivity index (χ3v) is 4.77. The Balaban J connectivity index is 3.81. The van der Waals surface area contributed by atoms with Gasteiger partial charge in [-0.2, -0.15) is 0 Å². The number of aliphatic hydroxyl groups is 2. The summed E-state index contributed by atoms with van der Waals surface area (Å²) in [6, 6.07) is 0. The number of carbonyl (C=O) groups is 3. The highest BCUT2D eigenvalue weighted by molar-refractivity contribution is 6.01. The summed E-state index contributed by atoms with van der Waals surface area (Å²) in [6.07, 6.45) is 12.9. The third-order valence-electron chi connectivity index (χ3n) is 4.77. The van der Waals surface area contributed by atoms with Crippen molar-refractivity contribution in [3.8, 4) is 0 Å². The first kappa shape index (κ1) is 25.7. The number of ether oxygens (including phenoxy) is 1. The summed E-state index contributed by atoms with van der Waals surface area (Å²) in [7, 11) is 0. The number of aliphatic hydroxyl groups excluding tert-OH is 2. The van der Waals surface area contributed by atoms with Crippen molar-refractivity contribution in [2.24, 2.45) is 5.92 Å². The average Bonchev–Trinajstić information content (AvgIpc) is 2.64. The van der Waals surface area contributed by atoms with Gasteiger partial charge in [-0.25, -0.2) is 4.79 Å². The fourth-order valence-electron chi connectivity index (χ4n) is 2.99. The van der Waals surface area contributed by atoms with Crippen molar-refractivity contribution in [2.75, 3.05) is 6.61 Å². The molecule has 0 rings (SSSR count). The largest absolute Gasteiger partial charge is 0.393 e. The van der Waals surface area contributed by atoms with E-state index in [4.69, 9.17) is 10.2 Å². The lowest BCUT2D eigenvalue weighted by Gasteiger charge is -2.13. The second-order valence-electron chi connectivity index (χ2n) is 7.28. The van der Waals surface area contributed by atoms with Crippen LogP contribution in [0.5, 0.6) is 0 Å². The number of ketones is 1. The summed E-state index contributed by atoms with van der Waals surface area (Å²) in [5, 5.41) is 17.8. The Hall–Kier alpha value is -1.27. The van der Waals surface area contributed by atoms with Crippen molar-refractivity contribution in [2.45, 2.75) is 103 Å². The number of esters is 2. The molecule has 0 saturated carbocycles. The van der Waals surface area contributed by atoms with E-state index in [-0.39, 0.29) is 5.78 Å². The SMILES string of the molecule is CCCCCCCCCCCCCCC(C(C)=O)C(=O)OC(=O)C(O)CO. The van der Waals surface area contributed by atoms with Crippen LogP contribution in [-0.4, -0.2) is 40.6 Å². The number of hydrogen-bond acceptors (Lipinski definition) is 6. The quantitative estimate of drug-likeness (QED) is 0.224. The zero-order valence-corrected chi connectivity index (χ0v) is 17.1. The molecule has 0 radical (unpaired) electrons. The lowest BCUT2D eigenvalue weighted by Crippen LogP contribution is -2.33. The summed E-state index contributed by atoms with van der Waals surface area (Å²) < 4.78 is 4.48. The van der Waals surface area contributed by atoms with Gasteiger partial charge < -0.3 is 14.9 Å². The van der Waals surface area contributed by atoms with Crippen molar-refractivity contribution in [1.29, 1.82) is 0 Å². The predicted octanol–water partition coefficient (Wildman–Crippen LogP) is 3.71.